The summed E-state index contributed by atoms with van der Waals surface area (Å²) in [6, 6.07) is 3.29. The molecule has 12 heteroatoms. The van der Waals surface area contributed by atoms with Crippen molar-refractivity contribution in [2.75, 3.05) is 34.2 Å². The highest BCUT2D eigenvalue weighted by atomic mass is 16.7. The van der Waals surface area contributed by atoms with Crippen LogP contribution in [0.5, 0.6) is 17.2 Å². The molecule has 1 saturated carbocycles. The molecule has 4 fully saturated rings. The van der Waals surface area contributed by atoms with E-state index in [0.29, 0.717) is 42.1 Å². The molecular formula is C31H38O12. The van der Waals surface area contributed by atoms with Crippen molar-refractivity contribution in [2.45, 2.75) is 62.5 Å². The lowest BCUT2D eigenvalue weighted by Crippen LogP contribution is -2.59. The second-order valence-electron chi connectivity index (χ2n) is 11.6. The number of allylic oxidation sites excluding steroid dienone is 2. The lowest BCUT2D eigenvalue weighted by Gasteiger charge is -2.47. The van der Waals surface area contributed by atoms with E-state index in [1.54, 1.807) is 25.1 Å². The number of carbonyl (C=O) groups is 1. The third-order valence-electron chi connectivity index (χ3n) is 9.08. The molecule has 10 atom stereocenters. The van der Waals surface area contributed by atoms with Gasteiger partial charge in [-0.2, -0.15) is 0 Å². The van der Waals surface area contributed by atoms with Crippen LogP contribution in [0, 0.1) is 17.8 Å². The number of methoxy groups -OCH3 is 2. The fourth-order valence-corrected chi connectivity index (χ4v) is 6.90. The van der Waals surface area contributed by atoms with Gasteiger partial charge in [0.15, 0.2) is 29.3 Å². The summed E-state index contributed by atoms with van der Waals surface area (Å²) in [7, 11) is 2.86. The Balaban J connectivity index is 1.39. The van der Waals surface area contributed by atoms with Crippen molar-refractivity contribution in [1.82, 2.24) is 0 Å². The minimum Gasteiger partial charge on any atom is -0.502 e. The second kappa shape index (κ2) is 12.0. The van der Waals surface area contributed by atoms with Crippen molar-refractivity contribution in [3.8, 4) is 17.2 Å². The van der Waals surface area contributed by atoms with Gasteiger partial charge in [-0.05, 0) is 55.2 Å². The highest BCUT2D eigenvalue weighted by Crippen LogP contribution is 2.49. The molecule has 3 saturated heterocycles. The van der Waals surface area contributed by atoms with Crippen LogP contribution >= 0.6 is 0 Å². The Kier molecular flexibility index (Phi) is 8.31. The molecule has 0 radical (unpaired) electrons. The van der Waals surface area contributed by atoms with Gasteiger partial charge in [-0.3, -0.25) is 4.79 Å². The number of aromatic hydroxyl groups is 1. The van der Waals surface area contributed by atoms with Gasteiger partial charge < -0.3 is 53.2 Å². The minimum absolute atomic E-state index is 0.0198. The first-order valence-electron chi connectivity index (χ1n) is 14.5. The molecule has 3 aliphatic heterocycles. The molecule has 0 aromatic heterocycles. The molecule has 0 bridgehead atoms. The summed E-state index contributed by atoms with van der Waals surface area (Å²) in [5.41, 5.74) is 1.14. The number of aliphatic hydroxyl groups is 2. The normalized spacial score (nSPS) is 39.8. The lowest BCUT2D eigenvalue weighted by atomic mass is 9.72. The number of rotatable bonds is 5. The molecule has 234 valence electrons. The molecule has 3 N–H and O–H groups in total. The SMILES string of the molecule is C=C1/C=C2/OCO/C2=C/C[C@@H](OC2CC3COC(C)OC3C(O)C2O)[C@H]2COC(=O)[C@@H]2[C@@H]1c1cc(OC)c(O)c(OC)c1. The first-order valence-corrected chi connectivity index (χ1v) is 14.5. The number of carbonyl (C=O) groups excluding carboxylic acids is 1. The Morgan fingerprint density at radius 2 is 1.70 bits per heavy atom. The first-order chi connectivity index (χ1) is 20.7. The summed E-state index contributed by atoms with van der Waals surface area (Å²) in [5.74, 6) is -1.37. The van der Waals surface area contributed by atoms with Gasteiger partial charge in [0.25, 0.3) is 0 Å². The van der Waals surface area contributed by atoms with Gasteiger partial charge in [-0.1, -0.05) is 6.58 Å². The largest absolute Gasteiger partial charge is 0.502 e. The number of phenolic OH excluding ortho intramolecular Hbond substituents is 1. The average Bonchev–Trinajstić information content (AvgIpc) is 3.60. The van der Waals surface area contributed by atoms with Crippen molar-refractivity contribution in [2.24, 2.45) is 17.8 Å². The number of cyclic esters (lactones) is 1. The number of hydrogen-bond acceptors (Lipinski definition) is 12. The standard InChI is InChI=1S/C31H38O12/c1-14-7-21-20(40-13-41-21)6-5-19(43-24-10-17-11-38-15(2)42-30(17)29(34)28(24)33)18-12-39-31(35)26(18)25(14)16-8-22(36-3)27(32)23(9-16)37-4/h6-9,15,17-19,24-26,28-30,32-34H,1,5,10-13H2,2-4H3/b20-6+,21-7+/t15?,17?,18-,19-,24?,25+,26+,28?,29?,30?/m1/s1. The molecule has 0 amide bonds. The Morgan fingerprint density at radius 1 is 0.977 bits per heavy atom. The molecule has 12 nitrogen and oxygen atoms in total. The number of aliphatic hydroxyl groups excluding tert-OH is 2. The average molecular weight is 603 g/mol. The minimum atomic E-state index is -1.22. The Hall–Kier alpha value is -3.29. The monoisotopic (exact) mass is 602 g/mol. The Bertz CT molecular complexity index is 1280. The Morgan fingerprint density at radius 3 is 2.42 bits per heavy atom. The Labute approximate surface area is 249 Å². The number of benzene rings is 1. The van der Waals surface area contributed by atoms with Crippen LogP contribution < -0.4 is 9.47 Å². The van der Waals surface area contributed by atoms with Crippen LogP contribution in [-0.2, 0) is 33.2 Å². The quantitative estimate of drug-likeness (QED) is 0.424. The first kappa shape index (κ1) is 29.8. The van der Waals surface area contributed by atoms with Crippen LogP contribution in [-0.4, -0.2) is 92.3 Å². The van der Waals surface area contributed by atoms with Crippen molar-refractivity contribution in [1.29, 1.82) is 0 Å². The fraction of sp³-hybridized carbons (Fsp3) is 0.581. The summed E-state index contributed by atoms with van der Waals surface area (Å²) < 4.78 is 46.0. The van der Waals surface area contributed by atoms with Crippen molar-refractivity contribution < 1.29 is 58.0 Å². The molecule has 2 aliphatic carbocycles. The predicted octanol–water partition coefficient (Wildman–Crippen LogP) is 2.27. The number of esters is 1. The van der Waals surface area contributed by atoms with Crippen LogP contribution in [0.25, 0.3) is 0 Å². The van der Waals surface area contributed by atoms with E-state index in [-0.39, 0.29) is 36.6 Å². The van der Waals surface area contributed by atoms with Gasteiger partial charge in [-0.15, -0.1) is 0 Å². The van der Waals surface area contributed by atoms with Crippen molar-refractivity contribution in [3.05, 3.63) is 53.5 Å². The third kappa shape index (κ3) is 5.46. The van der Waals surface area contributed by atoms with Crippen LogP contribution in [0.15, 0.2) is 48.0 Å². The van der Waals surface area contributed by atoms with Gasteiger partial charge in [0, 0.05) is 17.8 Å². The zero-order valence-electron chi connectivity index (χ0n) is 24.3. The van der Waals surface area contributed by atoms with Gasteiger partial charge >= 0.3 is 5.97 Å². The third-order valence-corrected chi connectivity index (χ3v) is 9.08. The number of fused-ring (bicyclic) bond motifs is 3. The van der Waals surface area contributed by atoms with Gasteiger partial charge in [0.2, 0.25) is 12.5 Å². The maximum atomic E-state index is 13.5. The van der Waals surface area contributed by atoms with E-state index in [0.717, 1.165) is 0 Å². The smallest absolute Gasteiger partial charge is 0.310 e. The molecular weight excluding hydrogens is 564 g/mol. The molecule has 0 spiro atoms. The summed E-state index contributed by atoms with van der Waals surface area (Å²) in [5, 5.41) is 32.7. The summed E-state index contributed by atoms with van der Waals surface area (Å²) in [4.78, 5) is 13.5. The van der Waals surface area contributed by atoms with Crippen LogP contribution in [0.2, 0.25) is 0 Å². The van der Waals surface area contributed by atoms with Crippen LogP contribution in [0.1, 0.15) is 31.2 Å². The van der Waals surface area contributed by atoms with E-state index in [9.17, 15) is 20.1 Å². The maximum Gasteiger partial charge on any atom is 0.310 e. The zero-order valence-corrected chi connectivity index (χ0v) is 24.3. The van der Waals surface area contributed by atoms with Crippen LogP contribution in [0.4, 0.5) is 0 Å². The van der Waals surface area contributed by atoms with E-state index in [2.05, 4.69) is 6.58 Å². The highest BCUT2D eigenvalue weighted by molar-refractivity contribution is 5.77. The molecule has 5 aliphatic rings. The van der Waals surface area contributed by atoms with E-state index in [1.165, 1.54) is 14.2 Å². The molecule has 1 aromatic carbocycles. The molecule has 43 heavy (non-hydrogen) atoms. The zero-order chi connectivity index (χ0) is 30.4. The van der Waals surface area contributed by atoms with Gasteiger partial charge in [0.1, 0.15) is 12.2 Å². The van der Waals surface area contributed by atoms with Gasteiger partial charge in [-0.25, -0.2) is 0 Å². The maximum absolute atomic E-state index is 13.5. The van der Waals surface area contributed by atoms with Crippen LogP contribution in [0.3, 0.4) is 0 Å². The van der Waals surface area contributed by atoms with E-state index in [1.807, 2.05) is 6.08 Å². The summed E-state index contributed by atoms with van der Waals surface area (Å²) >= 11 is 0. The van der Waals surface area contributed by atoms with E-state index < -0.39 is 60.5 Å². The van der Waals surface area contributed by atoms with Crippen molar-refractivity contribution in [3.63, 3.8) is 0 Å². The van der Waals surface area contributed by atoms with E-state index >= 15 is 0 Å². The highest BCUT2D eigenvalue weighted by Gasteiger charge is 2.52. The second-order valence-corrected chi connectivity index (χ2v) is 11.6. The number of hydrogen-bond donors (Lipinski definition) is 3. The van der Waals surface area contributed by atoms with E-state index in [4.69, 9.17) is 37.9 Å². The summed E-state index contributed by atoms with van der Waals surface area (Å²) in [6.45, 7) is 6.53. The number of ether oxygens (including phenoxy) is 8. The van der Waals surface area contributed by atoms with Crippen molar-refractivity contribution >= 4 is 5.97 Å². The lowest BCUT2D eigenvalue weighted by molar-refractivity contribution is -0.289. The molecule has 1 aromatic rings. The number of phenols is 1. The predicted molar refractivity (Wildman–Crippen MR) is 148 cm³/mol. The molecule has 6 unspecified atom stereocenters. The fourth-order valence-electron chi connectivity index (χ4n) is 6.90. The molecule has 6 rings (SSSR count). The molecule has 3 heterocycles. The summed E-state index contributed by atoms with van der Waals surface area (Å²) in [6.07, 6.45) is -0.544. The topological polar surface area (TPSA) is 152 Å². The van der Waals surface area contributed by atoms with Gasteiger partial charge in [0.05, 0.1) is 51.7 Å².